The van der Waals surface area contributed by atoms with Crippen LogP contribution in [0.3, 0.4) is 0 Å². The van der Waals surface area contributed by atoms with E-state index in [0.29, 0.717) is 6.61 Å². The molecular weight excluding hydrogens is 224 g/mol. The van der Waals surface area contributed by atoms with Gasteiger partial charge >= 0.3 is 0 Å². The van der Waals surface area contributed by atoms with Crippen molar-refractivity contribution in [3.63, 3.8) is 0 Å². The number of aliphatic hydroxyl groups is 1. The Morgan fingerprint density at radius 1 is 1.28 bits per heavy atom. The van der Waals surface area contributed by atoms with Crippen molar-refractivity contribution < 1.29 is 9.84 Å². The van der Waals surface area contributed by atoms with Crippen molar-refractivity contribution in [3.05, 3.63) is 35.4 Å². The summed E-state index contributed by atoms with van der Waals surface area (Å²) >= 11 is 0. The van der Waals surface area contributed by atoms with Crippen molar-refractivity contribution in [2.45, 2.75) is 33.3 Å². The predicted octanol–water partition coefficient (Wildman–Crippen LogP) is 2.98. The first-order valence-electron chi connectivity index (χ1n) is 6.49. The molecule has 98 valence electrons. The molecular formula is C16H22O2. The molecule has 1 aromatic rings. The van der Waals surface area contributed by atoms with Crippen LogP contribution >= 0.6 is 0 Å². The van der Waals surface area contributed by atoms with Gasteiger partial charge in [0.05, 0.1) is 6.61 Å². The molecule has 0 amide bonds. The van der Waals surface area contributed by atoms with Gasteiger partial charge < -0.3 is 9.84 Å². The summed E-state index contributed by atoms with van der Waals surface area (Å²) in [6, 6.07) is 7.90. The van der Waals surface area contributed by atoms with Crippen LogP contribution in [0.2, 0.25) is 0 Å². The Morgan fingerprint density at radius 3 is 2.78 bits per heavy atom. The Balaban J connectivity index is 2.42. The lowest BCUT2D eigenvalue weighted by Gasteiger charge is -2.07. The molecule has 0 saturated carbocycles. The van der Waals surface area contributed by atoms with Gasteiger partial charge in [0.25, 0.3) is 0 Å². The normalized spacial score (nSPS) is 10.2. The fraction of sp³-hybridized carbons (Fsp3) is 0.500. The van der Waals surface area contributed by atoms with Crippen LogP contribution in [0.1, 0.15) is 37.8 Å². The van der Waals surface area contributed by atoms with E-state index >= 15 is 0 Å². The summed E-state index contributed by atoms with van der Waals surface area (Å²) in [4.78, 5) is 0. The number of aliphatic hydroxyl groups excluding tert-OH is 1. The maximum absolute atomic E-state index is 8.71. The van der Waals surface area contributed by atoms with Crippen LogP contribution < -0.4 is 0 Å². The van der Waals surface area contributed by atoms with Gasteiger partial charge in [0.2, 0.25) is 0 Å². The lowest BCUT2D eigenvalue weighted by atomic mass is 10.1. The van der Waals surface area contributed by atoms with Crippen molar-refractivity contribution >= 4 is 0 Å². The van der Waals surface area contributed by atoms with E-state index in [-0.39, 0.29) is 6.61 Å². The van der Waals surface area contributed by atoms with Crippen LogP contribution in [0.15, 0.2) is 24.3 Å². The van der Waals surface area contributed by atoms with Gasteiger partial charge in [-0.15, -0.1) is 0 Å². The van der Waals surface area contributed by atoms with E-state index in [1.54, 1.807) is 0 Å². The predicted molar refractivity (Wildman–Crippen MR) is 74.1 cm³/mol. The molecule has 1 N–H and O–H groups in total. The number of hydrogen-bond donors (Lipinski definition) is 1. The number of hydrogen-bond acceptors (Lipinski definition) is 2. The standard InChI is InChI=1S/C16H22O2/c1-14(2)7-6-12-18-13-16-9-4-3-8-15(16)10-5-11-17/h3-4,8-9,14,17H,6-7,11-13H2,1-2H3. The molecule has 0 saturated heterocycles. The van der Waals surface area contributed by atoms with Gasteiger partial charge in [0, 0.05) is 12.2 Å². The van der Waals surface area contributed by atoms with Crippen LogP contribution in [-0.4, -0.2) is 18.3 Å². The summed E-state index contributed by atoms with van der Waals surface area (Å²) < 4.78 is 5.66. The summed E-state index contributed by atoms with van der Waals surface area (Å²) in [5, 5.41) is 8.71. The van der Waals surface area contributed by atoms with Crippen molar-refractivity contribution in [3.8, 4) is 11.8 Å². The maximum Gasteiger partial charge on any atom is 0.104 e. The molecule has 1 aromatic carbocycles. The van der Waals surface area contributed by atoms with Crippen molar-refractivity contribution in [2.24, 2.45) is 5.92 Å². The van der Waals surface area contributed by atoms with E-state index in [2.05, 4.69) is 25.7 Å². The van der Waals surface area contributed by atoms with Gasteiger partial charge in [-0.05, 0) is 30.4 Å². The Kier molecular flexibility index (Phi) is 7.17. The highest BCUT2D eigenvalue weighted by Crippen LogP contribution is 2.10. The maximum atomic E-state index is 8.71. The SMILES string of the molecule is CC(C)CCCOCc1ccccc1C#CCO. The van der Waals surface area contributed by atoms with E-state index in [4.69, 9.17) is 9.84 Å². The zero-order valence-electron chi connectivity index (χ0n) is 11.3. The third kappa shape index (κ3) is 5.86. The minimum atomic E-state index is -0.108. The Labute approximate surface area is 110 Å². The Morgan fingerprint density at radius 2 is 2.06 bits per heavy atom. The molecule has 0 fully saturated rings. The molecule has 2 nitrogen and oxygen atoms in total. The van der Waals surface area contributed by atoms with Crippen LogP contribution in [0, 0.1) is 17.8 Å². The van der Waals surface area contributed by atoms with E-state index in [1.165, 1.54) is 6.42 Å². The zero-order chi connectivity index (χ0) is 13.2. The lowest BCUT2D eigenvalue weighted by molar-refractivity contribution is 0.114. The Hall–Kier alpha value is -1.30. The molecule has 0 unspecified atom stereocenters. The fourth-order valence-corrected chi connectivity index (χ4v) is 1.68. The molecule has 0 radical (unpaired) electrons. The van der Waals surface area contributed by atoms with Gasteiger partial charge in [0.1, 0.15) is 6.61 Å². The molecule has 0 spiro atoms. The Bertz CT molecular complexity index is 399. The molecule has 18 heavy (non-hydrogen) atoms. The van der Waals surface area contributed by atoms with Gasteiger partial charge in [-0.3, -0.25) is 0 Å². The first-order chi connectivity index (χ1) is 8.74. The van der Waals surface area contributed by atoms with E-state index < -0.39 is 0 Å². The number of benzene rings is 1. The highest BCUT2D eigenvalue weighted by molar-refractivity contribution is 5.40. The van der Waals surface area contributed by atoms with E-state index in [1.807, 2.05) is 24.3 Å². The lowest BCUT2D eigenvalue weighted by Crippen LogP contribution is -1.99. The zero-order valence-corrected chi connectivity index (χ0v) is 11.3. The first kappa shape index (κ1) is 14.8. The highest BCUT2D eigenvalue weighted by Gasteiger charge is 1.99. The van der Waals surface area contributed by atoms with E-state index in [0.717, 1.165) is 30.1 Å². The minimum Gasteiger partial charge on any atom is -0.384 e. The van der Waals surface area contributed by atoms with Crippen LogP contribution in [-0.2, 0) is 11.3 Å². The summed E-state index contributed by atoms with van der Waals surface area (Å²) in [6.45, 7) is 5.72. The molecule has 0 aliphatic carbocycles. The quantitative estimate of drug-likeness (QED) is 0.617. The van der Waals surface area contributed by atoms with Crippen LogP contribution in [0.5, 0.6) is 0 Å². The molecule has 0 aliphatic heterocycles. The summed E-state index contributed by atoms with van der Waals surface area (Å²) in [6.07, 6.45) is 2.30. The van der Waals surface area contributed by atoms with Crippen molar-refractivity contribution in [1.29, 1.82) is 0 Å². The third-order valence-corrected chi connectivity index (χ3v) is 2.65. The molecule has 1 rings (SSSR count). The monoisotopic (exact) mass is 246 g/mol. The van der Waals surface area contributed by atoms with Crippen molar-refractivity contribution in [2.75, 3.05) is 13.2 Å². The summed E-state index contributed by atoms with van der Waals surface area (Å²) in [7, 11) is 0. The van der Waals surface area contributed by atoms with E-state index in [9.17, 15) is 0 Å². The second-order valence-electron chi connectivity index (χ2n) is 4.71. The molecule has 0 atom stereocenters. The first-order valence-corrected chi connectivity index (χ1v) is 6.49. The molecule has 0 heterocycles. The molecule has 0 bridgehead atoms. The largest absolute Gasteiger partial charge is 0.384 e. The second kappa shape index (κ2) is 8.74. The molecule has 0 aromatic heterocycles. The third-order valence-electron chi connectivity index (χ3n) is 2.65. The van der Waals surface area contributed by atoms with Gasteiger partial charge in [-0.2, -0.15) is 0 Å². The molecule has 0 aliphatic rings. The number of ether oxygens (including phenoxy) is 1. The van der Waals surface area contributed by atoms with Gasteiger partial charge in [0.15, 0.2) is 0 Å². The van der Waals surface area contributed by atoms with Gasteiger partial charge in [-0.25, -0.2) is 0 Å². The average Bonchev–Trinajstić information content (AvgIpc) is 2.36. The minimum absolute atomic E-state index is 0.108. The average molecular weight is 246 g/mol. The van der Waals surface area contributed by atoms with Crippen molar-refractivity contribution in [1.82, 2.24) is 0 Å². The second-order valence-corrected chi connectivity index (χ2v) is 4.71. The fourth-order valence-electron chi connectivity index (χ4n) is 1.68. The summed E-state index contributed by atoms with van der Waals surface area (Å²) in [5.41, 5.74) is 2.03. The number of rotatable bonds is 6. The smallest absolute Gasteiger partial charge is 0.104 e. The summed E-state index contributed by atoms with van der Waals surface area (Å²) in [5.74, 6) is 6.35. The topological polar surface area (TPSA) is 29.5 Å². The van der Waals surface area contributed by atoms with Gasteiger partial charge in [-0.1, -0.05) is 43.9 Å². The van der Waals surface area contributed by atoms with Crippen LogP contribution in [0.25, 0.3) is 0 Å². The van der Waals surface area contributed by atoms with Crippen LogP contribution in [0.4, 0.5) is 0 Å². The highest BCUT2D eigenvalue weighted by atomic mass is 16.5. The molecule has 2 heteroatoms.